The summed E-state index contributed by atoms with van der Waals surface area (Å²) in [6, 6.07) is 0. The van der Waals surface area contributed by atoms with Crippen LogP contribution in [0.3, 0.4) is 0 Å². The Morgan fingerprint density at radius 3 is 1.74 bits per heavy atom. The van der Waals surface area contributed by atoms with E-state index in [1.165, 1.54) is 64.2 Å². The van der Waals surface area contributed by atoms with Gasteiger partial charge in [0.15, 0.2) is 0 Å². The van der Waals surface area contributed by atoms with Crippen LogP contribution in [0.1, 0.15) is 64.2 Å². The lowest BCUT2D eigenvalue weighted by molar-refractivity contribution is -0.157. The first-order valence-electron chi connectivity index (χ1n) is 8.55. The van der Waals surface area contributed by atoms with Gasteiger partial charge in [-0.3, -0.25) is 4.79 Å². The minimum atomic E-state index is 0.0963. The van der Waals surface area contributed by atoms with Gasteiger partial charge in [-0.15, -0.1) is 0 Å². The van der Waals surface area contributed by atoms with E-state index in [1.54, 1.807) is 0 Å². The van der Waals surface area contributed by atoms with E-state index in [0.29, 0.717) is 5.91 Å². The third kappa shape index (κ3) is 2.02. The van der Waals surface area contributed by atoms with Gasteiger partial charge in [0, 0.05) is 13.1 Å². The number of carbonyl (C=O) groups excluding carboxylic acids is 1. The summed E-state index contributed by atoms with van der Waals surface area (Å²) in [5, 5.41) is 0. The van der Waals surface area contributed by atoms with Gasteiger partial charge in [-0.05, 0) is 69.1 Å². The van der Waals surface area contributed by atoms with Crippen molar-refractivity contribution in [3.8, 4) is 0 Å². The first-order valence-corrected chi connectivity index (χ1v) is 8.55. The maximum atomic E-state index is 13.1. The molecule has 0 unspecified atom stereocenters. The zero-order valence-electron chi connectivity index (χ0n) is 12.1. The molecule has 19 heavy (non-hydrogen) atoms. The monoisotopic (exact) mass is 261 g/mol. The Labute approximate surface area is 116 Å². The van der Waals surface area contributed by atoms with Crippen molar-refractivity contribution in [2.75, 3.05) is 13.1 Å². The Morgan fingerprint density at radius 2 is 1.26 bits per heavy atom. The van der Waals surface area contributed by atoms with Crippen LogP contribution in [0.5, 0.6) is 0 Å². The molecule has 0 aromatic carbocycles. The highest BCUT2D eigenvalue weighted by molar-refractivity contribution is 5.83. The van der Waals surface area contributed by atoms with Crippen molar-refractivity contribution < 1.29 is 4.79 Å². The van der Waals surface area contributed by atoms with Crippen LogP contribution in [0.25, 0.3) is 0 Å². The van der Waals surface area contributed by atoms with Crippen LogP contribution in [-0.4, -0.2) is 23.9 Å². The summed E-state index contributed by atoms with van der Waals surface area (Å²) in [6.45, 7) is 2.08. The molecule has 106 valence electrons. The number of rotatable bonds is 1. The number of hydrogen-bond acceptors (Lipinski definition) is 1. The van der Waals surface area contributed by atoms with Gasteiger partial charge in [0.1, 0.15) is 0 Å². The number of nitrogens with zero attached hydrogens (tertiary/aromatic N) is 1. The van der Waals surface area contributed by atoms with Crippen molar-refractivity contribution in [1.82, 2.24) is 4.90 Å². The summed E-state index contributed by atoms with van der Waals surface area (Å²) >= 11 is 0. The first kappa shape index (κ1) is 12.2. The molecule has 5 aliphatic rings. The molecular formula is C17H27NO. The van der Waals surface area contributed by atoms with Gasteiger partial charge in [0.25, 0.3) is 0 Å². The van der Waals surface area contributed by atoms with E-state index in [4.69, 9.17) is 0 Å². The zero-order valence-corrected chi connectivity index (χ0v) is 12.1. The summed E-state index contributed by atoms with van der Waals surface area (Å²) in [5.41, 5.74) is 0.0963. The fourth-order valence-electron chi connectivity index (χ4n) is 5.98. The summed E-state index contributed by atoms with van der Waals surface area (Å²) in [4.78, 5) is 15.4. The highest BCUT2D eigenvalue weighted by atomic mass is 16.2. The largest absolute Gasteiger partial charge is 0.342 e. The van der Waals surface area contributed by atoms with Crippen molar-refractivity contribution in [3.63, 3.8) is 0 Å². The van der Waals surface area contributed by atoms with Gasteiger partial charge in [-0.2, -0.15) is 0 Å². The van der Waals surface area contributed by atoms with Crippen LogP contribution in [0, 0.1) is 23.2 Å². The third-order valence-electron chi connectivity index (χ3n) is 6.39. The van der Waals surface area contributed by atoms with Crippen molar-refractivity contribution in [3.05, 3.63) is 0 Å². The second kappa shape index (κ2) is 4.49. The van der Waals surface area contributed by atoms with Crippen molar-refractivity contribution in [1.29, 1.82) is 0 Å². The molecule has 0 N–H and O–H groups in total. The lowest BCUT2D eigenvalue weighted by atomic mass is 9.49. The second-order valence-electron chi connectivity index (χ2n) is 7.90. The molecule has 0 radical (unpaired) electrons. The molecule has 0 aromatic heterocycles. The van der Waals surface area contributed by atoms with Crippen LogP contribution in [0.4, 0.5) is 0 Å². The molecule has 0 atom stereocenters. The molecule has 2 nitrogen and oxygen atoms in total. The molecule has 4 bridgehead atoms. The molecular weight excluding hydrogens is 234 g/mol. The van der Waals surface area contributed by atoms with Gasteiger partial charge in [0.2, 0.25) is 5.91 Å². The average molecular weight is 261 g/mol. The molecule has 4 aliphatic carbocycles. The van der Waals surface area contributed by atoms with Crippen LogP contribution < -0.4 is 0 Å². The predicted molar refractivity (Wildman–Crippen MR) is 75.7 cm³/mol. The normalized spacial score (nSPS) is 45.3. The molecule has 1 aliphatic heterocycles. The Hall–Kier alpha value is -0.530. The number of likely N-dealkylation sites (tertiary alicyclic amines) is 1. The molecule has 0 spiro atoms. The number of carbonyl (C=O) groups is 1. The Balaban J connectivity index is 1.55. The number of hydrogen-bond donors (Lipinski definition) is 0. The van der Waals surface area contributed by atoms with Crippen LogP contribution in [0.2, 0.25) is 0 Å². The quantitative estimate of drug-likeness (QED) is 0.706. The van der Waals surface area contributed by atoms with E-state index in [9.17, 15) is 4.79 Å². The van der Waals surface area contributed by atoms with Crippen molar-refractivity contribution in [2.45, 2.75) is 64.2 Å². The standard InChI is InChI=1S/C17H27NO/c19-16(18-5-3-1-2-4-6-18)17-10-13-7-14(11-17)9-15(8-13)12-17/h13-15H,1-12H2. The SMILES string of the molecule is O=C(N1CCCCCC1)C12CC3CC(CC(C3)C1)C2. The van der Waals surface area contributed by atoms with E-state index in [-0.39, 0.29) is 5.41 Å². The van der Waals surface area contributed by atoms with Crippen molar-refractivity contribution >= 4 is 5.91 Å². The molecule has 1 heterocycles. The van der Waals surface area contributed by atoms with Gasteiger partial charge in [-0.25, -0.2) is 0 Å². The fourth-order valence-corrected chi connectivity index (χ4v) is 5.98. The van der Waals surface area contributed by atoms with E-state index in [2.05, 4.69) is 4.90 Å². The lowest BCUT2D eigenvalue weighted by Crippen LogP contribution is -2.54. The van der Waals surface area contributed by atoms with Crippen LogP contribution in [0.15, 0.2) is 0 Å². The Bertz CT molecular complexity index is 332. The van der Waals surface area contributed by atoms with Crippen LogP contribution in [-0.2, 0) is 4.79 Å². The summed E-state index contributed by atoms with van der Waals surface area (Å²) in [6.07, 6.45) is 13.1. The maximum Gasteiger partial charge on any atom is 0.228 e. The molecule has 1 saturated heterocycles. The Kier molecular flexibility index (Phi) is 2.89. The predicted octanol–water partition coefficient (Wildman–Crippen LogP) is 3.61. The topological polar surface area (TPSA) is 20.3 Å². The minimum Gasteiger partial charge on any atom is -0.342 e. The average Bonchev–Trinajstić information content (AvgIpc) is 2.65. The van der Waals surface area contributed by atoms with Crippen molar-refractivity contribution in [2.24, 2.45) is 23.2 Å². The fraction of sp³-hybridized carbons (Fsp3) is 0.941. The van der Waals surface area contributed by atoms with Gasteiger partial charge < -0.3 is 4.90 Å². The second-order valence-corrected chi connectivity index (χ2v) is 7.90. The van der Waals surface area contributed by atoms with Gasteiger partial charge >= 0.3 is 0 Å². The van der Waals surface area contributed by atoms with E-state index < -0.39 is 0 Å². The number of amides is 1. The van der Waals surface area contributed by atoms with E-state index in [1.807, 2.05) is 0 Å². The zero-order chi connectivity index (χ0) is 12.9. The molecule has 5 rings (SSSR count). The first-order chi connectivity index (χ1) is 9.25. The third-order valence-corrected chi connectivity index (χ3v) is 6.39. The smallest absolute Gasteiger partial charge is 0.228 e. The van der Waals surface area contributed by atoms with Gasteiger partial charge in [-0.1, -0.05) is 12.8 Å². The van der Waals surface area contributed by atoms with Gasteiger partial charge in [0.05, 0.1) is 5.41 Å². The molecule has 4 saturated carbocycles. The molecule has 2 heteroatoms. The lowest BCUT2D eigenvalue weighted by Gasteiger charge is -2.56. The Morgan fingerprint density at radius 1 is 0.789 bits per heavy atom. The maximum absolute atomic E-state index is 13.1. The molecule has 1 amide bonds. The van der Waals surface area contributed by atoms with E-state index >= 15 is 0 Å². The molecule has 0 aromatic rings. The highest BCUT2D eigenvalue weighted by Crippen LogP contribution is 2.60. The van der Waals surface area contributed by atoms with E-state index in [0.717, 1.165) is 30.8 Å². The summed E-state index contributed by atoms with van der Waals surface area (Å²) < 4.78 is 0. The summed E-state index contributed by atoms with van der Waals surface area (Å²) in [7, 11) is 0. The molecule has 5 fully saturated rings. The summed E-state index contributed by atoms with van der Waals surface area (Å²) in [5.74, 6) is 3.24. The highest BCUT2D eigenvalue weighted by Gasteiger charge is 2.55. The minimum absolute atomic E-state index is 0.0963. The van der Waals surface area contributed by atoms with Crippen LogP contribution >= 0.6 is 0 Å².